The number of hydrogen-bond donors (Lipinski definition) is 2. The van der Waals surface area contributed by atoms with E-state index in [2.05, 4.69) is 5.32 Å². The lowest BCUT2D eigenvalue weighted by atomic mass is 10.1. The number of nitrogens with zero attached hydrogens (tertiary/aromatic N) is 1. The molecule has 0 aliphatic heterocycles. The number of anilines is 1. The summed E-state index contributed by atoms with van der Waals surface area (Å²) in [4.78, 5) is 21.6. The average molecular weight is 238 g/mol. The molecule has 0 fully saturated rings. The molecule has 0 aliphatic rings. The molecule has 92 valence electrons. The van der Waals surface area contributed by atoms with Gasteiger partial charge in [-0.1, -0.05) is 13.8 Å². The van der Waals surface area contributed by atoms with Gasteiger partial charge >= 0.3 is 0 Å². The molecular weight excluding hydrogens is 224 g/mol. The summed E-state index contributed by atoms with van der Waals surface area (Å²) in [5.41, 5.74) is -0.119. The van der Waals surface area contributed by atoms with Crippen molar-refractivity contribution in [2.75, 3.05) is 5.32 Å². The van der Waals surface area contributed by atoms with Crippen molar-refractivity contribution in [3.63, 3.8) is 0 Å². The first kappa shape index (κ1) is 13.0. The molecular formula is C11H14N2O4. The van der Waals surface area contributed by atoms with E-state index in [4.69, 9.17) is 0 Å². The highest BCUT2D eigenvalue weighted by Crippen LogP contribution is 2.28. The van der Waals surface area contributed by atoms with E-state index in [0.717, 1.165) is 6.07 Å². The number of nitro benzene ring substituents is 1. The molecule has 0 radical (unpaired) electrons. The Bertz CT molecular complexity index is 445. The lowest BCUT2D eigenvalue weighted by Crippen LogP contribution is -2.19. The molecule has 2 N–H and O–H groups in total. The first-order chi connectivity index (χ1) is 7.95. The van der Waals surface area contributed by atoms with Gasteiger partial charge in [0.1, 0.15) is 5.75 Å². The van der Waals surface area contributed by atoms with Crippen LogP contribution >= 0.6 is 0 Å². The van der Waals surface area contributed by atoms with Crippen LogP contribution < -0.4 is 5.32 Å². The van der Waals surface area contributed by atoms with Crippen molar-refractivity contribution in [1.82, 2.24) is 0 Å². The predicted molar refractivity (Wildman–Crippen MR) is 62.8 cm³/mol. The first-order valence-electron chi connectivity index (χ1n) is 5.24. The van der Waals surface area contributed by atoms with Gasteiger partial charge in [0, 0.05) is 18.1 Å². The highest BCUT2D eigenvalue weighted by atomic mass is 16.6. The quantitative estimate of drug-likeness (QED) is 0.478. The van der Waals surface area contributed by atoms with Crippen LogP contribution in [0.3, 0.4) is 0 Å². The number of aromatic hydroxyl groups is 1. The molecule has 17 heavy (non-hydrogen) atoms. The van der Waals surface area contributed by atoms with Gasteiger partial charge in [-0.15, -0.1) is 0 Å². The zero-order valence-electron chi connectivity index (χ0n) is 9.64. The Morgan fingerprint density at radius 3 is 2.76 bits per heavy atom. The molecule has 0 saturated carbocycles. The molecule has 1 atom stereocenters. The molecule has 0 aromatic heterocycles. The predicted octanol–water partition coefficient (Wildman–Crippen LogP) is 2.29. The van der Waals surface area contributed by atoms with Crippen LogP contribution in [-0.2, 0) is 4.79 Å². The van der Waals surface area contributed by atoms with Crippen molar-refractivity contribution in [2.45, 2.75) is 20.3 Å². The number of carbonyl (C=O) groups is 1. The first-order valence-corrected chi connectivity index (χ1v) is 5.24. The van der Waals surface area contributed by atoms with Crippen LogP contribution in [-0.4, -0.2) is 15.9 Å². The third-order valence-corrected chi connectivity index (χ3v) is 2.51. The average Bonchev–Trinajstić information content (AvgIpc) is 2.30. The third-order valence-electron chi connectivity index (χ3n) is 2.51. The molecule has 6 nitrogen and oxygen atoms in total. The van der Waals surface area contributed by atoms with Crippen molar-refractivity contribution in [2.24, 2.45) is 5.92 Å². The molecule has 0 heterocycles. The van der Waals surface area contributed by atoms with Crippen LogP contribution in [0.25, 0.3) is 0 Å². The number of non-ortho nitro benzene ring substituents is 1. The molecule has 1 aromatic carbocycles. The number of nitro groups is 1. The van der Waals surface area contributed by atoms with Crippen molar-refractivity contribution < 1.29 is 14.8 Å². The van der Waals surface area contributed by atoms with Crippen molar-refractivity contribution in [3.8, 4) is 5.75 Å². The normalized spacial score (nSPS) is 11.9. The van der Waals surface area contributed by atoms with Gasteiger partial charge in [0.2, 0.25) is 5.91 Å². The van der Waals surface area contributed by atoms with Crippen molar-refractivity contribution in [3.05, 3.63) is 28.3 Å². The fourth-order valence-electron chi connectivity index (χ4n) is 1.18. The minimum Gasteiger partial charge on any atom is -0.506 e. The molecule has 1 unspecified atom stereocenters. The van der Waals surface area contributed by atoms with Gasteiger partial charge in [-0.2, -0.15) is 0 Å². The number of hydrogen-bond acceptors (Lipinski definition) is 4. The second kappa shape index (κ2) is 5.29. The topological polar surface area (TPSA) is 92.5 Å². The van der Waals surface area contributed by atoms with Crippen LogP contribution in [0, 0.1) is 16.0 Å². The second-order valence-corrected chi connectivity index (χ2v) is 3.76. The van der Waals surface area contributed by atoms with Crippen LogP contribution in [0.4, 0.5) is 11.4 Å². The van der Waals surface area contributed by atoms with Gasteiger partial charge in [0.15, 0.2) is 0 Å². The largest absolute Gasteiger partial charge is 0.506 e. The van der Waals surface area contributed by atoms with Gasteiger partial charge in [-0.25, -0.2) is 0 Å². The summed E-state index contributed by atoms with van der Waals surface area (Å²) in [7, 11) is 0. The van der Waals surface area contributed by atoms with Gasteiger partial charge in [-0.3, -0.25) is 14.9 Å². The van der Waals surface area contributed by atoms with Crippen molar-refractivity contribution in [1.29, 1.82) is 0 Å². The number of nitrogens with one attached hydrogen (secondary N) is 1. The lowest BCUT2D eigenvalue weighted by molar-refractivity contribution is -0.384. The highest BCUT2D eigenvalue weighted by molar-refractivity contribution is 5.94. The van der Waals surface area contributed by atoms with E-state index in [1.54, 1.807) is 6.92 Å². The number of phenolic OH excluding ortho intramolecular Hbond substituents is 1. The monoisotopic (exact) mass is 238 g/mol. The Hall–Kier alpha value is -2.11. The molecule has 1 amide bonds. The van der Waals surface area contributed by atoms with E-state index in [0.29, 0.717) is 6.42 Å². The fraction of sp³-hybridized carbons (Fsp3) is 0.364. The zero-order valence-corrected chi connectivity index (χ0v) is 9.64. The maximum absolute atomic E-state index is 11.6. The minimum absolute atomic E-state index is 0.0597. The summed E-state index contributed by atoms with van der Waals surface area (Å²) in [6.45, 7) is 3.60. The third kappa shape index (κ3) is 3.17. The standard InChI is InChI=1S/C11H14N2O4/c1-3-7(2)11(15)12-9-6-8(13(16)17)4-5-10(9)14/h4-7,14H,3H2,1-2H3,(H,12,15). The molecule has 1 aromatic rings. The highest BCUT2D eigenvalue weighted by Gasteiger charge is 2.15. The van der Waals surface area contributed by atoms with Gasteiger partial charge in [0.25, 0.3) is 5.69 Å². The Labute approximate surface area is 98.4 Å². The number of carbonyl (C=O) groups excluding carboxylic acids is 1. The molecule has 0 saturated heterocycles. The second-order valence-electron chi connectivity index (χ2n) is 3.76. The van der Waals surface area contributed by atoms with E-state index in [9.17, 15) is 20.0 Å². The summed E-state index contributed by atoms with van der Waals surface area (Å²) in [6.07, 6.45) is 0.654. The number of rotatable bonds is 4. The maximum Gasteiger partial charge on any atom is 0.271 e. The van der Waals surface area contributed by atoms with E-state index >= 15 is 0 Å². The van der Waals surface area contributed by atoms with E-state index in [1.807, 2.05) is 6.92 Å². The van der Waals surface area contributed by atoms with E-state index in [1.165, 1.54) is 12.1 Å². The minimum atomic E-state index is -0.585. The van der Waals surface area contributed by atoms with Gasteiger partial charge < -0.3 is 10.4 Å². The number of amides is 1. The summed E-state index contributed by atoms with van der Waals surface area (Å²) >= 11 is 0. The fourth-order valence-corrected chi connectivity index (χ4v) is 1.18. The maximum atomic E-state index is 11.6. The molecule has 1 rings (SSSR count). The Morgan fingerprint density at radius 2 is 2.24 bits per heavy atom. The summed E-state index contributed by atoms with van der Waals surface area (Å²) in [5, 5.41) is 22.5. The van der Waals surface area contributed by atoms with Crippen LogP contribution in [0.15, 0.2) is 18.2 Å². The molecule has 0 spiro atoms. The van der Waals surface area contributed by atoms with Gasteiger partial charge in [0.05, 0.1) is 10.6 Å². The number of phenols is 1. The van der Waals surface area contributed by atoms with E-state index < -0.39 is 4.92 Å². The van der Waals surface area contributed by atoms with Crippen LogP contribution in [0.5, 0.6) is 5.75 Å². The molecule has 0 bridgehead atoms. The van der Waals surface area contributed by atoms with Crippen molar-refractivity contribution >= 4 is 17.3 Å². The molecule has 6 heteroatoms. The summed E-state index contributed by atoms with van der Waals surface area (Å²) in [6, 6.07) is 3.49. The lowest BCUT2D eigenvalue weighted by Gasteiger charge is -2.10. The summed E-state index contributed by atoms with van der Waals surface area (Å²) < 4.78 is 0. The van der Waals surface area contributed by atoms with Gasteiger partial charge in [-0.05, 0) is 12.5 Å². The van der Waals surface area contributed by atoms with E-state index in [-0.39, 0.29) is 28.9 Å². The Morgan fingerprint density at radius 1 is 1.59 bits per heavy atom. The van der Waals surface area contributed by atoms with Crippen LogP contribution in [0.2, 0.25) is 0 Å². The number of benzene rings is 1. The van der Waals surface area contributed by atoms with Crippen LogP contribution in [0.1, 0.15) is 20.3 Å². The smallest absolute Gasteiger partial charge is 0.271 e. The Kier molecular flexibility index (Phi) is 4.03. The Balaban J connectivity index is 2.94. The summed E-state index contributed by atoms with van der Waals surface area (Å²) in [5.74, 6) is -0.677. The zero-order chi connectivity index (χ0) is 13.0. The molecule has 0 aliphatic carbocycles. The SMILES string of the molecule is CCC(C)C(=O)Nc1cc([N+](=O)[O-])ccc1O.